The summed E-state index contributed by atoms with van der Waals surface area (Å²) in [6.07, 6.45) is 0.141. The first-order valence-electron chi connectivity index (χ1n) is 7.41. The van der Waals surface area contributed by atoms with E-state index in [1.165, 1.54) is 14.2 Å². The molecule has 0 bridgehead atoms. The quantitative estimate of drug-likeness (QED) is 0.825. The first kappa shape index (κ1) is 17.3. The van der Waals surface area contributed by atoms with Crippen LogP contribution in [0.5, 0.6) is 5.75 Å². The minimum Gasteiger partial charge on any atom is -0.495 e. The highest BCUT2D eigenvalue weighted by Gasteiger charge is 2.11. The van der Waals surface area contributed by atoms with Crippen LogP contribution in [0.3, 0.4) is 0 Å². The molecule has 24 heavy (non-hydrogen) atoms. The topological polar surface area (TPSA) is 76.7 Å². The number of para-hydroxylation sites is 1. The lowest BCUT2D eigenvalue weighted by Crippen LogP contribution is -2.20. The molecule has 0 saturated carbocycles. The van der Waals surface area contributed by atoms with Gasteiger partial charge in [0.05, 0.1) is 26.3 Å². The fourth-order valence-electron chi connectivity index (χ4n) is 2.18. The Balaban J connectivity index is 2.10. The fourth-order valence-corrected chi connectivity index (χ4v) is 2.18. The number of nitrogens with one attached hydrogen (secondary N) is 2. The van der Waals surface area contributed by atoms with Crippen molar-refractivity contribution in [3.8, 4) is 5.75 Å². The van der Waals surface area contributed by atoms with Crippen molar-refractivity contribution in [2.75, 3.05) is 24.9 Å². The van der Waals surface area contributed by atoms with Crippen LogP contribution in [0.15, 0.2) is 42.5 Å². The maximum absolute atomic E-state index is 12.2. The third-order valence-electron chi connectivity index (χ3n) is 3.48. The highest BCUT2D eigenvalue weighted by atomic mass is 16.5. The van der Waals surface area contributed by atoms with Crippen molar-refractivity contribution in [3.05, 3.63) is 53.6 Å². The predicted octanol–water partition coefficient (Wildman–Crippen LogP) is 3.36. The number of aryl methyl sites for hydroxylation is 1. The zero-order valence-electron chi connectivity index (χ0n) is 13.9. The Labute approximate surface area is 140 Å². The Hall–Kier alpha value is -3.02. The normalized spacial score (nSPS) is 9.96. The maximum atomic E-state index is 12.2. The second-order valence-electron chi connectivity index (χ2n) is 5.18. The van der Waals surface area contributed by atoms with Crippen LogP contribution in [0, 0.1) is 6.92 Å². The van der Waals surface area contributed by atoms with E-state index in [4.69, 9.17) is 4.74 Å². The van der Waals surface area contributed by atoms with Crippen LogP contribution in [-0.2, 0) is 16.0 Å². The van der Waals surface area contributed by atoms with Gasteiger partial charge in [0.1, 0.15) is 5.75 Å². The molecule has 6 nitrogen and oxygen atoms in total. The van der Waals surface area contributed by atoms with Crippen LogP contribution in [0.1, 0.15) is 11.1 Å². The molecule has 0 saturated heterocycles. The molecular weight excluding hydrogens is 308 g/mol. The minimum absolute atomic E-state index is 0.141. The van der Waals surface area contributed by atoms with E-state index < -0.39 is 0 Å². The van der Waals surface area contributed by atoms with E-state index in [-0.39, 0.29) is 18.4 Å². The predicted molar refractivity (Wildman–Crippen MR) is 92.5 cm³/mol. The van der Waals surface area contributed by atoms with Gasteiger partial charge in [-0.2, -0.15) is 0 Å². The molecule has 0 radical (unpaired) electrons. The van der Waals surface area contributed by atoms with Crippen LogP contribution < -0.4 is 15.4 Å². The van der Waals surface area contributed by atoms with E-state index in [9.17, 15) is 9.59 Å². The van der Waals surface area contributed by atoms with Crippen LogP contribution in [0.25, 0.3) is 0 Å². The molecule has 126 valence electrons. The second kappa shape index (κ2) is 8.01. The molecule has 0 aliphatic rings. The first-order valence-corrected chi connectivity index (χ1v) is 7.41. The third-order valence-corrected chi connectivity index (χ3v) is 3.48. The summed E-state index contributed by atoms with van der Waals surface area (Å²) < 4.78 is 9.92. The van der Waals surface area contributed by atoms with Crippen molar-refractivity contribution in [2.24, 2.45) is 0 Å². The van der Waals surface area contributed by atoms with Crippen LogP contribution in [0.4, 0.5) is 16.2 Å². The third kappa shape index (κ3) is 4.49. The van der Waals surface area contributed by atoms with Gasteiger partial charge in [-0.15, -0.1) is 0 Å². The van der Waals surface area contributed by atoms with Crippen molar-refractivity contribution < 1.29 is 19.1 Å². The van der Waals surface area contributed by atoms with E-state index in [1.54, 1.807) is 18.2 Å². The molecule has 2 aromatic rings. The zero-order valence-corrected chi connectivity index (χ0v) is 13.9. The van der Waals surface area contributed by atoms with E-state index in [0.717, 1.165) is 16.8 Å². The summed E-state index contributed by atoms with van der Waals surface area (Å²) in [5, 5.41) is 5.53. The first-order chi connectivity index (χ1) is 11.5. The molecule has 0 atom stereocenters. The number of hydrogen-bond acceptors (Lipinski definition) is 4. The highest BCUT2D eigenvalue weighted by Crippen LogP contribution is 2.26. The summed E-state index contributed by atoms with van der Waals surface area (Å²) in [6, 6.07) is 12.2. The summed E-state index contributed by atoms with van der Waals surface area (Å²) >= 11 is 0. The van der Waals surface area contributed by atoms with Gasteiger partial charge >= 0.3 is 12.0 Å². The summed E-state index contributed by atoms with van der Waals surface area (Å²) in [4.78, 5) is 23.5. The van der Waals surface area contributed by atoms with Crippen molar-refractivity contribution in [1.82, 2.24) is 0 Å². The standard InChI is InChI=1S/C18H20N2O4/c1-12-6-4-5-7-14(12)19-18(22)20-15-9-8-13(10-16(15)23-2)11-17(21)24-3/h4-10H,11H2,1-3H3,(H2,19,20,22). The lowest BCUT2D eigenvalue weighted by atomic mass is 10.1. The maximum Gasteiger partial charge on any atom is 0.323 e. The summed E-state index contributed by atoms with van der Waals surface area (Å²) in [5.41, 5.74) is 2.95. The number of carbonyl (C=O) groups is 2. The molecule has 2 rings (SSSR count). The fraction of sp³-hybridized carbons (Fsp3) is 0.222. The number of amides is 2. The lowest BCUT2D eigenvalue weighted by Gasteiger charge is -2.13. The highest BCUT2D eigenvalue weighted by molar-refractivity contribution is 6.01. The van der Waals surface area contributed by atoms with Gasteiger partial charge in [-0.05, 0) is 36.2 Å². The van der Waals surface area contributed by atoms with Crippen molar-refractivity contribution in [3.63, 3.8) is 0 Å². The number of rotatable bonds is 5. The average Bonchev–Trinajstić information content (AvgIpc) is 2.58. The molecule has 0 spiro atoms. The zero-order chi connectivity index (χ0) is 17.5. The molecule has 0 unspecified atom stereocenters. The Kier molecular flexibility index (Phi) is 5.78. The van der Waals surface area contributed by atoms with Gasteiger partial charge in [0.15, 0.2) is 0 Å². The monoisotopic (exact) mass is 328 g/mol. The minimum atomic E-state index is -0.372. The molecule has 0 aromatic heterocycles. The van der Waals surface area contributed by atoms with Crippen LogP contribution >= 0.6 is 0 Å². The lowest BCUT2D eigenvalue weighted by molar-refractivity contribution is -0.139. The summed E-state index contributed by atoms with van der Waals surface area (Å²) in [5.74, 6) is 0.131. The van der Waals surface area contributed by atoms with Crippen molar-refractivity contribution in [1.29, 1.82) is 0 Å². The Bertz CT molecular complexity index is 744. The van der Waals surface area contributed by atoms with Gasteiger partial charge < -0.3 is 20.1 Å². The SMILES string of the molecule is COC(=O)Cc1ccc(NC(=O)Nc2ccccc2C)c(OC)c1. The number of urea groups is 1. The van der Waals surface area contributed by atoms with E-state index in [2.05, 4.69) is 15.4 Å². The van der Waals surface area contributed by atoms with Crippen LogP contribution in [0.2, 0.25) is 0 Å². The van der Waals surface area contributed by atoms with Gasteiger partial charge in [0.2, 0.25) is 0 Å². The van der Waals surface area contributed by atoms with Crippen molar-refractivity contribution in [2.45, 2.75) is 13.3 Å². The number of methoxy groups -OCH3 is 2. The molecule has 2 amide bonds. The number of anilines is 2. The number of benzene rings is 2. The van der Waals surface area contributed by atoms with E-state index in [1.807, 2.05) is 31.2 Å². The molecule has 0 fully saturated rings. The Morgan fingerprint density at radius 1 is 1.00 bits per heavy atom. The molecule has 2 aromatic carbocycles. The number of carbonyl (C=O) groups excluding carboxylic acids is 2. The largest absolute Gasteiger partial charge is 0.495 e. The van der Waals surface area contributed by atoms with Gasteiger partial charge in [0.25, 0.3) is 0 Å². The summed E-state index contributed by atoms with van der Waals surface area (Å²) in [7, 11) is 2.84. The number of esters is 1. The molecule has 0 aliphatic carbocycles. The smallest absolute Gasteiger partial charge is 0.323 e. The van der Waals surface area contributed by atoms with Gasteiger partial charge in [0, 0.05) is 5.69 Å². The van der Waals surface area contributed by atoms with Crippen molar-refractivity contribution >= 4 is 23.4 Å². The van der Waals surface area contributed by atoms with Crippen LogP contribution in [-0.4, -0.2) is 26.2 Å². The van der Waals surface area contributed by atoms with Gasteiger partial charge in [-0.25, -0.2) is 4.79 Å². The Morgan fingerprint density at radius 3 is 2.38 bits per heavy atom. The molecule has 6 heteroatoms. The van der Waals surface area contributed by atoms with Gasteiger partial charge in [-0.3, -0.25) is 4.79 Å². The second-order valence-corrected chi connectivity index (χ2v) is 5.18. The number of ether oxygens (including phenoxy) is 2. The van der Waals surface area contributed by atoms with E-state index >= 15 is 0 Å². The summed E-state index contributed by atoms with van der Waals surface area (Å²) in [6.45, 7) is 1.91. The molecule has 2 N–H and O–H groups in total. The van der Waals surface area contributed by atoms with E-state index in [0.29, 0.717) is 11.4 Å². The molecule has 0 heterocycles. The number of hydrogen-bond donors (Lipinski definition) is 2. The molecular formula is C18H20N2O4. The Morgan fingerprint density at radius 2 is 1.71 bits per heavy atom. The average molecular weight is 328 g/mol. The molecule has 0 aliphatic heterocycles. The van der Waals surface area contributed by atoms with Gasteiger partial charge in [-0.1, -0.05) is 24.3 Å².